The van der Waals surface area contributed by atoms with E-state index in [1.807, 2.05) is 0 Å². The summed E-state index contributed by atoms with van der Waals surface area (Å²) in [5.74, 6) is 0.354. The Morgan fingerprint density at radius 3 is 2.27 bits per heavy atom. The van der Waals surface area contributed by atoms with E-state index in [2.05, 4.69) is 14.5 Å². The fourth-order valence-electron chi connectivity index (χ4n) is 3.85. The lowest BCUT2D eigenvalue weighted by Crippen LogP contribution is -2.49. The van der Waals surface area contributed by atoms with Crippen LogP contribution in [0.25, 0.3) is 0 Å². The van der Waals surface area contributed by atoms with Crippen LogP contribution >= 0.6 is 0 Å². The predicted octanol–water partition coefficient (Wildman–Crippen LogP) is 3.17. The Morgan fingerprint density at radius 2 is 1.70 bits per heavy atom. The van der Waals surface area contributed by atoms with Crippen molar-refractivity contribution < 1.29 is 22.1 Å². The molecule has 1 saturated heterocycles. The maximum Gasteiger partial charge on any atom is 0.269 e. The summed E-state index contributed by atoms with van der Waals surface area (Å²) in [7, 11) is -3.87. The molecule has 0 saturated carbocycles. The summed E-state index contributed by atoms with van der Waals surface area (Å²) < 4.78 is 46.9. The Labute approximate surface area is 190 Å². The molecule has 174 valence electrons. The van der Waals surface area contributed by atoms with Gasteiger partial charge in [-0.05, 0) is 48.5 Å². The van der Waals surface area contributed by atoms with E-state index >= 15 is 0 Å². The second kappa shape index (κ2) is 9.69. The van der Waals surface area contributed by atoms with Gasteiger partial charge in [0.1, 0.15) is 11.6 Å². The quantitative estimate of drug-likeness (QED) is 0.395. The summed E-state index contributed by atoms with van der Waals surface area (Å²) in [5, 5.41) is 10.8. The lowest BCUT2D eigenvalue weighted by Gasteiger charge is -2.39. The van der Waals surface area contributed by atoms with Gasteiger partial charge in [0.05, 0.1) is 22.1 Å². The van der Waals surface area contributed by atoms with Crippen molar-refractivity contribution in [3.05, 3.63) is 88.6 Å². The molecule has 4 rings (SSSR count). The molecule has 1 aliphatic heterocycles. The molecule has 1 fully saturated rings. The third-order valence-electron chi connectivity index (χ3n) is 5.64. The molecule has 0 radical (unpaired) electrons. The highest BCUT2D eigenvalue weighted by Crippen LogP contribution is 2.25. The lowest BCUT2D eigenvalue weighted by molar-refractivity contribution is -0.384. The third kappa shape index (κ3) is 5.38. The molecule has 2 heterocycles. The summed E-state index contributed by atoms with van der Waals surface area (Å²) in [6.07, 6.45) is 1.54. The molecule has 3 aromatic rings. The molecule has 11 heteroatoms. The van der Waals surface area contributed by atoms with Crippen molar-refractivity contribution >= 4 is 21.4 Å². The monoisotopic (exact) mass is 474 g/mol. The first-order chi connectivity index (χ1) is 15.8. The number of benzene rings is 2. The van der Waals surface area contributed by atoms with Gasteiger partial charge in [0.15, 0.2) is 0 Å². The zero-order valence-corrected chi connectivity index (χ0v) is 18.4. The van der Waals surface area contributed by atoms with E-state index in [1.54, 1.807) is 30.5 Å². The summed E-state index contributed by atoms with van der Waals surface area (Å²) in [6, 6.07) is 14.3. The smallest absolute Gasteiger partial charge is 0.269 e. The number of furan rings is 1. The Hall–Kier alpha value is -3.28. The van der Waals surface area contributed by atoms with Crippen molar-refractivity contribution in [1.82, 2.24) is 9.62 Å². The summed E-state index contributed by atoms with van der Waals surface area (Å²) in [5.41, 5.74) is 0.755. The molecule has 0 aliphatic carbocycles. The lowest BCUT2D eigenvalue weighted by atomic mass is 10.1. The third-order valence-corrected chi connectivity index (χ3v) is 7.08. The number of nitrogens with zero attached hydrogens (tertiary/aromatic N) is 3. The van der Waals surface area contributed by atoms with Crippen LogP contribution in [-0.2, 0) is 10.0 Å². The van der Waals surface area contributed by atoms with Crippen molar-refractivity contribution in [1.29, 1.82) is 0 Å². The van der Waals surface area contributed by atoms with Crippen LogP contribution in [0.1, 0.15) is 11.8 Å². The van der Waals surface area contributed by atoms with Crippen LogP contribution in [0.5, 0.6) is 0 Å². The maximum atomic E-state index is 13.2. The van der Waals surface area contributed by atoms with E-state index in [4.69, 9.17) is 4.42 Å². The van der Waals surface area contributed by atoms with E-state index in [0.29, 0.717) is 31.9 Å². The molecule has 1 aliphatic rings. The van der Waals surface area contributed by atoms with Crippen molar-refractivity contribution in [2.24, 2.45) is 0 Å². The maximum absolute atomic E-state index is 13.2. The van der Waals surface area contributed by atoms with Crippen LogP contribution in [0.15, 0.2) is 76.2 Å². The van der Waals surface area contributed by atoms with E-state index in [9.17, 15) is 22.9 Å². The first-order valence-electron chi connectivity index (χ1n) is 10.4. The van der Waals surface area contributed by atoms with Gasteiger partial charge in [-0.1, -0.05) is 0 Å². The minimum atomic E-state index is -3.87. The Morgan fingerprint density at radius 1 is 1.03 bits per heavy atom. The van der Waals surface area contributed by atoms with Crippen LogP contribution in [0.4, 0.5) is 15.8 Å². The highest BCUT2D eigenvalue weighted by Gasteiger charge is 2.29. The van der Waals surface area contributed by atoms with Crippen molar-refractivity contribution in [3.63, 3.8) is 0 Å². The number of sulfonamides is 1. The van der Waals surface area contributed by atoms with E-state index < -0.39 is 14.9 Å². The standard InChI is InChI=1S/C22H23FN4O5S/c23-17-3-5-18(6-4-17)25-11-13-26(14-12-25)21(22-2-1-15-32-22)16-24-33(30,31)20-9-7-19(8-10-20)27(28)29/h1-10,15,21,24H,11-14,16H2/t21-/m1/s1. The van der Waals surface area contributed by atoms with Crippen molar-refractivity contribution in [2.75, 3.05) is 37.6 Å². The van der Waals surface area contributed by atoms with Crippen LogP contribution in [-0.4, -0.2) is 51.0 Å². The molecule has 1 aromatic heterocycles. The van der Waals surface area contributed by atoms with Gasteiger partial charge in [-0.15, -0.1) is 0 Å². The fraction of sp³-hybridized carbons (Fsp3) is 0.273. The van der Waals surface area contributed by atoms with Crippen LogP contribution < -0.4 is 9.62 Å². The molecule has 0 amide bonds. The normalized spacial score (nSPS) is 16.0. The second-order valence-electron chi connectivity index (χ2n) is 7.63. The number of non-ortho nitro benzene ring substituents is 1. The molecule has 2 aromatic carbocycles. The molecule has 0 spiro atoms. The average Bonchev–Trinajstić information content (AvgIpc) is 3.35. The summed E-state index contributed by atoms with van der Waals surface area (Å²) in [4.78, 5) is 14.5. The molecule has 1 atom stereocenters. The zero-order chi connectivity index (χ0) is 23.4. The largest absolute Gasteiger partial charge is 0.468 e. The minimum absolute atomic E-state index is 0.0487. The predicted molar refractivity (Wildman–Crippen MR) is 120 cm³/mol. The number of nitrogens with one attached hydrogen (secondary N) is 1. The number of halogens is 1. The van der Waals surface area contributed by atoms with Gasteiger partial charge in [0.2, 0.25) is 10.0 Å². The topological polar surface area (TPSA) is 109 Å². The van der Waals surface area contributed by atoms with Crippen LogP contribution in [0.3, 0.4) is 0 Å². The van der Waals surface area contributed by atoms with Gasteiger partial charge in [-0.2, -0.15) is 0 Å². The minimum Gasteiger partial charge on any atom is -0.468 e. The number of rotatable bonds is 8. The van der Waals surface area contributed by atoms with Gasteiger partial charge < -0.3 is 9.32 Å². The Balaban J connectivity index is 1.44. The number of nitro benzene ring substituents is 1. The highest BCUT2D eigenvalue weighted by molar-refractivity contribution is 7.89. The summed E-state index contributed by atoms with van der Waals surface area (Å²) >= 11 is 0. The number of hydrogen-bond acceptors (Lipinski definition) is 7. The van der Waals surface area contributed by atoms with Gasteiger partial charge in [-0.3, -0.25) is 15.0 Å². The SMILES string of the molecule is O=[N+]([O-])c1ccc(S(=O)(=O)NC[C@H](c2ccco2)N2CCN(c3ccc(F)cc3)CC2)cc1. The van der Waals surface area contributed by atoms with Gasteiger partial charge >= 0.3 is 0 Å². The van der Waals surface area contributed by atoms with E-state index in [-0.39, 0.29) is 29.0 Å². The van der Waals surface area contributed by atoms with E-state index in [0.717, 1.165) is 17.8 Å². The molecular weight excluding hydrogens is 451 g/mol. The Bertz CT molecular complexity index is 1180. The van der Waals surface area contributed by atoms with E-state index in [1.165, 1.54) is 24.3 Å². The van der Waals surface area contributed by atoms with Crippen molar-refractivity contribution in [2.45, 2.75) is 10.9 Å². The summed E-state index contributed by atoms with van der Waals surface area (Å²) in [6.45, 7) is 2.77. The zero-order valence-electron chi connectivity index (χ0n) is 17.6. The molecule has 0 unspecified atom stereocenters. The number of piperazine rings is 1. The second-order valence-corrected chi connectivity index (χ2v) is 9.40. The number of hydrogen-bond donors (Lipinski definition) is 1. The molecular formula is C22H23FN4O5S. The Kier molecular flexibility index (Phi) is 6.72. The van der Waals surface area contributed by atoms with Crippen molar-refractivity contribution in [3.8, 4) is 0 Å². The molecule has 33 heavy (non-hydrogen) atoms. The average molecular weight is 475 g/mol. The molecule has 9 nitrogen and oxygen atoms in total. The number of anilines is 1. The molecule has 1 N–H and O–H groups in total. The molecule has 0 bridgehead atoms. The highest BCUT2D eigenvalue weighted by atomic mass is 32.2. The van der Waals surface area contributed by atoms with Crippen LogP contribution in [0.2, 0.25) is 0 Å². The van der Waals surface area contributed by atoms with Gasteiger partial charge in [0.25, 0.3) is 5.69 Å². The van der Waals surface area contributed by atoms with Gasteiger partial charge in [-0.25, -0.2) is 17.5 Å². The first-order valence-corrected chi connectivity index (χ1v) is 11.8. The van der Waals surface area contributed by atoms with Crippen LogP contribution in [0, 0.1) is 15.9 Å². The van der Waals surface area contributed by atoms with Gasteiger partial charge in [0, 0.05) is 50.5 Å². The first kappa shape index (κ1) is 22.9. The fourth-order valence-corrected chi connectivity index (χ4v) is 4.89. The number of nitro groups is 1.